The molecule has 0 N–H and O–H groups in total. The van der Waals surface area contributed by atoms with Gasteiger partial charge < -0.3 is 4.74 Å². The first-order chi connectivity index (χ1) is 8.78. The molecule has 3 nitrogen and oxygen atoms in total. The summed E-state index contributed by atoms with van der Waals surface area (Å²) in [4.78, 5) is 9.03. The number of fused-ring (bicyclic) bond motifs is 1. The maximum absolute atomic E-state index is 5.22. The van der Waals surface area contributed by atoms with Crippen LogP contribution in [-0.4, -0.2) is 17.1 Å². The topological polar surface area (TPSA) is 35.0 Å². The molecule has 0 aliphatic heterocycles. The number of thiophene rings is 1. The highest BCUT2D eigenvalue weighted by molar-refractivity contribution is 7.17. The molecule has 2 heterocycles. The first-order valence-electron chi connectivity index (χ1n) is 5.63. The fourth-order valence-electron chi connectivity index (χ4n) is 1.85. The van der Waals surface area contributed by atoms with Gasteiger partial charge in [0.1, 0.15) is 5.75 Å². The van der Waals surface area contributed by atoms with E-state index in [4.69, 9.17) is 4.74 Å². The van der Waals surface area contributed by atoms with Crippen LogP contribution in [0.2, 0.25) is 0 Å². The van der Waals surface area contributed by atoms with Crippen molar-refractivity contribution >= 4 is 21.6 Å². The van der Waals surface area contributed by atoms with Crippen molar-refractivity contribution in [3.05, 3.63) is 41.4 Å². The molecule has 0 atom stereocenters. The molecule has 90 valence electrons. The predicted octanol–water partition coefficient (Wildman–Crippen LogP) is 3.68. The molecule has 0 radical (unpaired) electrons. The van der Waals surface area contributed by atoms with Gasteiger partial charge in [-0.2, -0.15) is 0 Å². The lowest BCUT2D eigenvalue weighted by atomic mass is 10.2. The lowest BCUT2D eigenvalue weighted by Crippen LogP contribution is -1.90. The molecule has 0 aliphatic carbocycles. The zero-order valence-corrected chi connectivity index (χ0v) is 11.0. The van der Waals surface area contributed by atoms with Crippen molar-refractivity contribution < 1.29 is 4.74 Å². The Bertz CT molecular complexity index is 706. The van der Waals surface area contributed by atoms with Gasteiger partial charge in [0.25, 0.3) is 0 Å². The third kappa shape index (κ3) is 1.84. The molecule has 18 heavy (non-hydrogen) atoms. The van der Waals surface area contributed by atoms with Gasteiger partial charge in [0.15, 0.2) is 5.82 Å². The van der Waals surface area contributed by atoms with Gasteiger partial charge in [0, 0.05) is 11.8 Å². The quantitative estimate of drug-likeness (QED) is 0.701. The third-order valence-electron chi connectivity index (χ3n) is 2.82. The van der Waals surface area contributed by atoms with Crippen molar-refractivity contribution in [3.8, 4) is 17.1 Å². The molecule has 1 aromatic carbocycles. The van der Waals surface area contributed by atoms with Gasteiger partial charge in [-0.05, 0) is 30.0 Å². The number of aromatic nitrogens is 2. The van der Waals surface area contributed by atoms with Gasteiger partial charge in [0.2, 0.25) is 0 Å². The number of ether oxygens (including phenoxy) is 1. The van der Waals surface area contributed by atoms with E-state index in [-0.39, 0.29) is 0 Å². The van der Waals surface area contributed by atoms with Gasteiger partial charge in [0.05, 0.1) is 17.3 Å². The summed E-state index contributed by atoms with van der Waals surface area (Å²) in [5.41, 5.74) is 3.20. The zero-order valence-electron chi connectivity index (χ0n) is 10.2. The molecule has 0 unspecified atom stereocenters. The van der Waals surface area contributed by atoms with Crippen molar-refractivity contribution in [2.45, 2.75) is 6.92 Å². The molecule has 2 aromatic heterocycles. The highest BCUT2D eigenvalue weighted by Gasteiger charge is 2.07. The summed E-state index contributed by atoms with van der Waals surface area (Å²) in [6, 6.07) is 7.80. The van der Waals surface area contributed by atoms with Gasteiger partial charge in [-0.15, -0.1) is 11.3 Å². The van der Waals surface area contributed by atoms with Crippen LogP contribution in [0.1, 0.15) is 5.56 Å². The van der Waals surface area contributed by atoms with E-state index < -0.39 is 0 Å². The molecule has 0 spiro atoms. The summed E-state index contributed by atoms with van der Waals surface area (Å²) >= 11 is 1.68. The van der Waals surface area contributed by atoms with Crippen molar-refractivity contribution in [1.82, 2.24) is 9.97 Å². The molecule has 0 amide bonds. The lowest BCUT2D eigenvalue weighted by molar-refractivity contribution is 0.415. The number of rotatable bonds is 2. The highest BCUT2D eigenvalue weighted by Crippen LogP contribution is 2.26. The van der Waals surface area contributed by atoms with Crippen molar-refractivity contribution in [3.63, 3.8) is 0 Å². The Hall–Kier alpha value is -1.94. The van der Waals surface area contributed by atoms with E-state index in [1.54, 1.807) is 18.4 Å². The minimum atomic E-state index is 0.739. The molecular formula is C14H12N2OS. The summed E-state index contributed by atoms with van der Waals surface area (Å²) in [5.74, 6) is 1.56. The van der Waals surface area contributed by atoms with Crippen molar-refractivity contribution in [2.75, 3.05) is 7.11 Å². The Morgan fingerprint density at radius 2 is 2.17 bits per heavy atom. The second-order valence-electron chi connectivity index (χ2n) is 4.06. The first kappa shape index (κ1) is 11.2. The molecule has 0 bridgehead atoms. The molecule has 0 saturated heterocycles. The summed E-state index contributed by atoms with van der Waals surface area (Å²) in [6.45, 7) is 2.07. The van der Waals surface area contributed by atoms with Crippen LogP contribution in [0.4, 0.5) is 0 Å². The van der Waals surface area contributed by atoms with Crippen molar-refractivity contribution in [2.24, 2.45) is 0 Å². The predicted molar refractivity (Wildman–Crippen MR) is 74.1 cm³/mol. The van der Waals surface area contributed by atoms with E-state index in [9.17, 15) is 0 Å². The maximum atomic E-state index is 5.22. The molecule has 0 aliphatic rings. The number of aryl methyl sites for hydroxylation is 1. The number of hydrogen-bond donors (Lipinski definition) is 0. The van der Waals surface area contributed by atoms with Gasteiger partial charge in [-0.25, -0.2) is 9.97 Å². The number of benzene rings is 1. The number of hydrogen-bond acceptors (Lipinski definition) is 4. The Kier molecular flexibility index (Phi) is 2.72. The zero-order chi connectivity index (χ0) is 12.5. The second kappa shape index (κ2) is 4.38. The van der Waals surface area contributed by atoms with E-state index in [0.717, 1.165) is 27.4 Å². The second-order valence-corrected chi connectivity index (χ2v) is 4.97. The standard InChI is InChI=1S/C14H12N2OS/c1-9-8-18-12-7-15-14(16-13(9)12)10-4-3-5-11(6-10)17-2/h3-8H,1-2H3. The van der Waals surface area contributed by atoms with Crippen LogP contribution in [-0.2, 0) is 0 Å². The van der Waals surface area contributed by atoms with Crippen LogP contribution in [0.15, 0.2) is 35.8 Å². The maximum Gasteiger partial charge on any atom is 0.159 e. The Balaban J connectivity index is 2.15. The average molecular weight is 256 g/mol. The van der Waals surface area contributed by atoms with Gasteiger partial charge >= 0.3 is 0 Å². The lowest BCUT2D eigenvalue weighted by Gasteiger charge is -2.03. The van der Waals surface area contributed by atoms with Crippen LogP contribution in [0.3, 0.4) is 0 Å². The summed E-state index contributed by atoms with van der Waals surface area (Å²) in [5, 5.41) is 2.11. The van der Waals surface area contributed by atoms with Gasteiger partial charge in [-0.3, -0.25) is 0 Å². The normalized spacial score (nSPS) is 10.8. The van der Waals surface area contributed by atoms with Gasteiger partial charge in [-0.1, -0.05) is 12.1 Å². The van der Waals surface area contributed by atoms with Crippen LogP contribution < -0.4 is 4.74 Å². The Morgan fingerprint density at radius 1 is 1.28 bits per heavy atom. The minimum absolute atomic E-state index is 0.739. The SMILES string of the molecule is COc1cccc(-c2ncc3scc(C)c3n2)c1. The number of methoxy groups -OCH3 is 1. The molecule has 4 heteroatoms. The van der Waals surface area contributed by atoms with E-state index >= 15 is 0 Å². The smallest absolute Gasteiger partial charge is 0.159 e. The van der Waals surface area contributed by atoms with Crippen LogP contribution in [0.5, 0.6) is 5.75 Å². The fraction of sp³-hybridized carbons (Fsp3) is 0.143. The van der Waals surface area contributed by atoms with E-state index in [0.29, 0.717) is 0 Å². The highest BCUT2D eigenvalue weighted by atomic mass is 32.1. The fourth-order valence-corrected chi connectivity index (χ4v) is 2.70. The average Bonchev–Trinajstić information content (AvgIpc) is 2.80. The monoisotopic (exact) mass is 256 g/mol. The van der Waals surface area contributed by atoms with E-state index in [2.05, 4.69) is 22.3 Å². The van der Waals surface area contributed by atoms with E-state index in [1.807, 2.05) is 30.5 Å². The van der Waals surface area contributed by atoms with E-state index in [1.165, 1.54) is 5.56 Å². The molecule has 0 saturated carbocycles. The van der Waals surface area contributed by atoms with Crippen LogP contribution >= 0.6 is 11.3 Å². The Morgan fingerprint density at radius 3 is 3.00 bits per heavy atom. The molecular weight excluding hydrogens is 244 g/mol. The summed E-state index contributed by atoms with van der Waals surface area (Å²) in [7, 11) is 1.66. The number of nitrogens with zero attached hydrogens (tertiary/aromatic N) is 2. The first-order valence-corrected chi connectivity index (χ1v) is 6.51. The van der Waals surface area contributed by atoms with Crippen molar-refractivity contribution in [1.29, 1.82) is 0 Å². The largest absolute Gasteiger partial charge is 0.497 e. The summed E-state index contributed by atoms with van der Waals surface area (Å²) < 4.78 is 6.34. The minimum Gasteiger partial charge on any atom is -0.497 e. The van der Waals surface area contributed by atoms with Crippen LogP contribution in [0.25, 0.3) is 21.6 Å². The Labute approximate surface area is 109 Å². The summed E-state index contributed by atoms with van der Waals surface area (Å²) in [6.07, 6.45) is 1.88. The molecule has 3 aromatic rings. The molecule has 0 fully saturated rings. The third-order valence-corrected chi connectivity index (χ3v) is 3.84. The van der Waals surface area contributed by atoms with Crippen LogP contribution in [0, 0.1) is 6.92 Å². The molecule has 3 rings (SSSR count).